The summed E-state index contributed by atoms with van der Waals surface area (Å²) in [6.45, 7) is 1.24. The number of halogens is 1. The minimum Gasteiger partial charge on any atom is -0.371 e. The van der Waals surface area contributed by atoms with Crippen LogP contribution in [-0.2, 0) is 14.8 Å². The Morgan fingerprint density at radius 1 is 1.41 bits per heavy atom. The molecule has 1 aromatic rings. The third kappa shape index (κ3) is 3.07. The normalized spacial score (nSPS) is 22.6. The summed E-state index contributed by atoms with van der Waals surface area (Å²) in [5.41, 5.74) is 0.987. The van der Waals surface area contributed by atoms with E-state index in [1.165, 1.54) is 10.6 Å². The number of nitrogens with zero attached hydrogens (tertiary/aromatic N) is 1. The van der Waals surface area contributed by atoms with Gasteiger partial charge in [0.1, 0.15) is 0 Å². The molecule has 0 aliphatic carbocycles. The number of ether oxygens (including phenoxy) is 1. The van der Waals surface area contributed by atoms with Gasteiger partial charge in [-0.15, -0.1) is 0 Å². The fourth-order valence-corrected chi connectivity index (χ4v) is 3.20. The molecule has 0 unspecified atom stereocenters. The van der Waals surface area contributed by atoms with E-state index in [-0.39, 0.29) is 6.10 Å². The first-order chi connectivity index (χ1) is 7.98. The zero-order valence-electron chi connectivity index (χ0n) is 9.47. The van der Waals surface area contributed by atoms with Crippen molar-refractivity contribution in [2.24, 2.45) is 0 Å². The largest absolute Gasteiger partial charge is 0.371 e. The van der Waals surface area contributed by atoms with Crippen LogP contribution in [0.2, 0.25) is 0 Å². The first-order valence-electron chi connectivity index (χ1n) is 5.29. The van der Waals surface area contributed by atoms with Crippen LogP contribution in [0, 0.1) is 0 Å². The fraction of sp³-hybridized carbons (Fsp3) is 0.455. The lowest BCUT2D eigenvalue weighted by Crippen LogP contribution is -2.41. The van der Waals surface area contributed by atoms with Crippen LogP contribution < -0.4 is 0 Å². The zero-order chi connectivity index (χ0) is 12.5. The van der Waals surface area contributed by atoms with E-state index in [1.54, 1.807) is 0 Å². The van der Waals surface area contributed by atoms with Crippen molar-refractivity contribution in [1.29, 1.82) is 0 Å². The van der Waals surface area contributed by atoms with Gasteiger partial charge in [-0.25, -0.2) is 8.42 Å². The summed E-state index contributed by atoms with van der Waals surface area (Å²) >= 11 is 3.45. The third-order valence-electron chi connectivity index (χ3n) is 2.75. The molecule has 4 nitrogen and oxygen atoms in total. The van der Waals surface area contributed by atoms with Gasteiger partial charge >= 0.3 is 0 Å². The summed E-state index contributed by atoms with van der Waals surface area (Å²) in [7, 11) is -3.14. The smallest absolute Gasteiger partial charge is 0.211 e. The van der Waals surface area contributed by atoms with Crippen molar-refractivity contribution in [2.75, 3.05) is 26.0 Å². The molecule has 0 aromatic heterocycles. The van der Waals surface area contributed by atoms with E-state index in [4.69, 9.17) is 4.74 Å². The summed E-state index contributed by atoms with van der Waals surface area (Å²) in [5, 5.41) is 0. The highest BCUT2D eigenvalue weighted by Gasteiger charge is 2.28. The maximum atomic E-state index is 11.5. The Bertz CT molecular complexity index is 503. The second-order valence-electron chi connectivity index (χ2n) is 4.00. The highest BCUT2D eigenvalue weighted by atomic mass is 79.9. The molecule has 0 amide bonds. The molecule has 17 heavy (non-hydrogen) atoms. The molecular formula is C11H14BrNO3S. The van der Waals surface area contributed by atoms with Gasteiger partial charge in [-0.2, -0.15) is 4.31 Å². The van der Waals surface area contributed by atoms with Crippen LogP contribution in [0.4, 0.5) is 0 Å². The minimum atomic E-state index is -3.14. The van der Waals surface area contributed by atoms with Gasteiger partial charge in [0.15, 0.2) is 0 Å². The second kappa shape index (κ2) is 5.06. The predicted molar refractivity (Wildman–Crippen MR) is 69.3 cm³/mol. The summed E-state index contributed by atoms with van der Waals surface area (Å²) in [5.74, 6) is 0. The summed E-state index contributed by atoms with van der Waals surface area (Å²) < 4.78 is 31.1. The average Bonchev–Trinajstić information content (AvgIpc) is 2.29. The van der Waals surface area contributed by atoms with Gasteiger partial charge in [-0.1, -0.05) is 34.1 Å². The number of benzene rings is 1. The molecule has 1 atom stereocenters. The maximum absolute atomic E-state index is 11.5. The van der Waals surface area contributed by atoms with E-state index < -0.39 is 10.0 Å². The quantitative estimate of drug-likeness (QED) is 0.834. The van der Waals surface area contributed by atoms with Gasteiger partial charge in [0.25, 0.3) is 0 Å². The SMILES string of the molecule is CS(=O)(=O)N1CCO[C@@H](c2ccccc2Br)C1. The Morgan fingerprint density at radius 2 is 2.12 bits per heavy atom. The molecule has 1 aliphatic heterocycles. The number of hydrogen-bond donors (Lipinski definition) is 0. The highest BCUT2D eigenvalue weighted by molar-refractivity contribution is 9.10. The number of rotatable bonds is 2. The Balaban J connectivity index is 2.21. The summed E-state index contributed by atoms with van der Waals surface area (Å²) in [6, 6.07) is 7.71. The molecule has 0 spiro atoms. The zero-order valence-corrected chi connectivity index (χ0v) is 11.9. The summed E-state index contributed by atoms with van der Waals surface area (Å²) in [6.07, 6.45) is 1.03. The first kappa shape index (κ1) is 13.0. The van der Waals surface area contributed by atoms with E-state index in [2.05, 4.69) is 15.9 Å². The predicted octanol–water partition coefficient (Wildman–Crippen LogP) is 1.78. The van der Waals surface area contributed by atoms with E-state index in [0.717, 1.165) is 10.0 Å². The van der Waals surface area contributed by atoms with Crippen molar-refractivity contribution in [3.63, 3.8) is 0 Å². The number of sulfonamides is 1. The lowest BCUT2D eigenvalue weighted by molar-refractivity contribution is -0.00273. The number of hydrogen-bond acceptors (Lipinski definition) is 3. The monoisotopic (exact) mass is 319 g/mol. The second-order valence-corrected chi connectivity index (χ2v) is 6.84. The molecule has 0 radical (unpaired) electrons. The molecule has 1 aliphatic rings. The Kier molecular flexibility index (Phi) is 3.87. The highest BCUT2D eigenvalue weighted by Crippen LogP contribution is 2.29. The molecule has 6 heteroatoms. The molecule has 0 saturated carbocycles. The van der Waals surface area contributed by atoms with Crippen molar-refractivity contribution in [3.8, 4) is 0 Å². The van der Waals surface area contributed by atoms with Crippen LogP contribution in [-0.4, -0.2) is 38.7 Å². The third-order valence-corrected chi connectivity index (χ3v) is 4.74. The van der Waals surface area contributed by atoms with Gasteiger partial charge in [0.2, 0.25) is 10.0 Å². The van der Waals surface area contributed by atoms with Crippen molar-refractivity contribution in [2.45, 2.75) is 6.10 Å². The maximum Gasteiger partial charge on any atom is 0.211 e. The molecule has 1 heterocycles. The first-order valence-corrected chi connectivity index (χ1v) is 7.94. The van der Waals surface area contributed by atoms with Crippen LogP contribution in [0.5, 0.6) is 0 Å². The molecule has 1 aromatic carbocycles. The molecule has 0 N–H and O–H groups in total. The lowest BCUT2D eigenvalue weighted by Gasteiger charge is -2.31. The van der Waals surface area contributed by atoms with Crippen LogP contribution in [0.3, 0.4) is 0 Å². The van der Waals surface area contributed by atoms with E-state index in [9.17, 15) is 8.42 Å². The minimum absolute atomic E-state index is 0.200. The standard InChI is InChI=1S/C11H14BrNO3S/c1-17(14,15)13-6-7-16-11(8-13)9-4-2-3-5-10(9)12/h2-5,11H,6-8H2,1H3/t11-/m1/s1. The molecule has 1 saturated heterocycles. The van der Waals surface area contributed by atoms with Crippen molar-refractivity contribution >= 4 is 26.0 Å². The molecule has 0 bridgehead atoms. The number of morpholine rings is 1. The molecule has 94 valence electrons. The van der Waals surface area contributed by atoms with Crippen molar-refractivity contribution < 1.29 is 13.2 Å². The van der Waals surface area contributed by atoms with Gasteiger partial charge in [-0.05, 0) is 11.6 Å². The molecule has 1 fully saturated rings. The topological polar surface area (TPSA) is 46.6 Å². The van der Waals surface area contributed by atoms with Crippen molar-refractivity contribution in [1.82, 2.24) is 4.31 Å². The lowest BCUT2D eigenvalue weighted by atomic mass is 10.1. The van der Waals surface area contributed by atoms with E-state index >= 15 is 0 Å². The Morgan fingerprint density at radius 3 is 2.76 bits per heavy atom. The van der Waals surface area contributed by atoms with Gasteiger partial charge in [-0.3, -0.25) is 0 Å². The average molecular weight is 320 g/mol. The van der Waals surface area contributed by atoms with Crippen LogP contribution >= 0.6 is 15.9 Å². The van der Waals surface area contributed by atoms with Gasteiger partial charge in [0, 0.05) is 17.6 Å². The van der Waals surface area contributed by atoms with E-state index in [1.807, 2.05) is 24.3 Å². The molecule has 2 rings (SSSR count). The fourth-order valence-electron chi connectivity index (χ4n) is 1.85. The van der Waals surface area contributed by atoms with Crippen LogP contribution in [0.25, 0.3) is 0 Å². The van der Waals surface area contributed by atoms with E-state index in [0.29, 0.717) is 19.7 Å². The van der Waals surface area contributed by atoms with Crippen LogP contribution in [0.1, 0.15) is 11.7 Å². The van der Waals surface area contributed by atoms with Crippen molar-refractivity contribution in [3.05, 3.63) is 34.3 Å². The van der Waals surface area contributed by atoms with Crippen LogP contribution in [0.15, 0.2) is 28.7 Å². The van der Waals surface area contributed by atoms with Gasteiger partial charge < -0.3 is 4.74 Å². The Hall–Kier alpha value is -0.430. The summed E-state index contributed by atoms with van der Waals surface area (Å²) in [4.78, 5) is 0. The Labute approximate surface area is 110 Å². The van der Waals surface area contributed by atoms with Gasteiger partial charge in [0.05, 0.1) is 19.0 Å². The molecular weight excluding hydrogens is 306 g/mol.